The number of aliphatic imine (C=N–C) groups is 1. The quantitative estimate of drug-likeness (QED) is 0.340. The van der Waals surface area contributed by atoms with Crippen LogP contribution in [0.5, 0.6) is 0 Å². The van der Waals surface area contributed by atoms with Gasteiger partial charge in [0, 0.05) is 22.3 Å². The lowest BCUT2D eigenvalue weighted by atomic mass is 9.95. The number of nitrogens with zero attached hydrogens (tertiary/aromatic N) is 5. The van der Waals surface area contributed by atoms with E-state index in [2.05, 4.69) is 46.6 Å². The largest absolute Gasteiger partial charge is 0.423 e. The van der Waals surface area contributed by atoms with Gasteiger partial charge in [0.05, 0.1) is 12.1 Å². The molecule has 4 aromatic rings. The lowest BCUT2D eigenvalue weighted by molar-refractivity contribution is -0.118. The number of oxazole rings is 1. The van der Waals surface area contributed by atoms with Crippen molar-refractivity contribution in [2.24, 2.45) is 4.99 Å². The zero-order chi connectivity index (χ0) is 23.7. The first kappa shape index (κ1) is 21.5. The van der Waals surface area contributed by atoms with Gasteiger partial charge in [-0.25, -0.2) is 9.38 Å². The van der Waals surface area contributed by atoms with Crippen LogP contribution >= 0.6 is 11.6 Å². The van der Waals surface area contributed by atoms with E-state index in [1.807, 2.05) is 6.07 Å². The minimum Gasteiger partial charge on any atom is -0.423 e. The topological polar surface area (TPSA) is 146 Å². The number of carbonyl (C=O) groups excluding carboxylic acids is 1. The molecule has 5 rings (SSSR count). The van der Waals surface area contributed by atoms with Crippen molar-refractivity contribution in [3.05, 3.63) is 76.0 Å². The number of allylic oxidation sites excluding steroid dienone is 1. The summed E-state index contributed by atoms with van der Waals surface area (Å²) in [7, 11) is 0. The van der Waals surface area contributed by atoms with E-state index in [1.165, 1.54) is 18.2 Å². The van der Waals surface area contributed by atoms with Crippen LogP contribution in [0.15, 0.2) is 63.1 Å². The second kappa shape index (κ2) is 8.90. The highest BCUT2D eigenvalue weighted by molar-refractivity contribution is 6.31. The maximum Gasteiger partial charge on any atom is 0.302 e. The number of benzene rings is 2. The molecular weight excluding hydrogens is 465 g/mol. The molecule has 0 radical (unpaired) electrons. The van der Waals surface area contributed by atoms with Crippen molar-refractivity contribution in [1.29, 1.82) is 0 Å². The smallest absolute Gasteiger partial charge is 0.302 e. The Kier molecular flexibility index (Phi) is 5.64. The Morgan fingerprint density at radius 3 is 2.91 bits per heavy atom. The van der Waals surface area contributed by atoms with Crippen molar-refractivity contribution in [2.75, 3.05) is 5.32 Å². The molecule has 0 bridgehead atoms. The summed E-state index contributed by atoms with van der Waals surface area (Å²) in [6.45, 7) is 1.82. The molecule has 13 heteroatoms. The van der Waals surface area contributed by atoms with Crippen LogP contribution in [-0.4, -0.2) is 37.5 Å². The molecule has 0 saturated heterocycles. The number of aromatic amines is 1. The fourth-order valence-electron chi connectivity index (χ4n) is 3.52. The zero-order valence-electron chi connectivity index (χ0n) is 17.6. The normalized spacial score (nSPS) is 15.7. The predicted octanol–water partition coefficient (Wildman–Crippen LogP) is 2.84. The highest BCUT2D eigenvalue weighted by Crippen LogP contribution is 2.35. The van der Waals surface area contributed by atoms with Gasteiger partial charge in [0.1, 0.15) is 17.4 Å². The van der Waals surface area contributed by atoms with Gasteiger partial charge in [0.2, 0.25) is 5.96 Å². The third-order valence-electron chi connectivity index (χ3n) is 5.06. The monoisotopic (exact) mass is 481 g/mol. The first-order chi connectivity index (χ1) is 16.5. The number of carbonyl (C=O) groups is 1. The van der Waals surface area contributed by atoms with Crippen LogP contribution in [0.3, 0.4) is 0 Å². The van der Waals surface area contributed by atoms with Gasteiger partial charge < -0.3 is 15.1 Å². The summed E-state index contributed by atoms with van der Waals surface area (Å²) in [5.41, 5.74) is 2.30. The summed E-state index contributed by atoms with van der Waals surface area (Å²) in [5, 5.41) is 22.7. The number of hydrogen-bond donors (Lipinski definition) is 4. The van der Waals surface area contributed by atoms with E-state index < -0.39 is 11.9 Å². The molecule has 3 heterocycles. The summed E-state index contributed by atoms with van der Waals surface area (Å²) < 4.78 is 19.1. The molecule has 34 heavy (non-hydrogen) atoms. The highest BCUT2D eigenvalue weighted by atomic mass is 35.5. The summed E-state index contributed by atoms with van der Waals surface area (Å²) in [6.07, 6.45) is 0. The van der Waals surface area contributed by atoms with E-state index in [0.717, 1.165) is 0 Å². The minimum absolute atomic E-state index is 0.0790. The number of H-pyrrole nitrogens is 1. The Balaban J connectivity index is 1.45. The van der Waals surface area contributed by atoms with Crippen molar-refractivity contribution < 1.29 is 13.6 Å². The molecule has 0 saturated carbocycles. The van der Waals surface area contributed by atoms with Crippen LogP contribution in [0.25, 0.3) is 11.1 Å². The lowest BCUT2D eigenvalue weighted by Gasteiger charge is -2.26. The van der Waals surface area contributed by atoms with Gasteiger partial charge in [-0.05, 0) is 25.1 Å². The van der Waals surface area contributed by atoms with Gasteiger partial charge >= 0.3 is 6.01 Å². The van der Waals surface area contributed by atoms with Gasteiger partial charge in [0.15, 0.2) is 11.4 Å². The number of guanidine groups is 1. The Morgan fingerprint density at radius 1 is 1.26 bits per heavy atom. The zero-order valence-corrected chi connectivity index (χ0v) is 18.4. The molecule has 1 aliphatic heterocycles. The number of fused-ring (bicyclic) bond motifs is 1. The van der Waals surface area contributed by atoms with Crippen LogP contribution in [0.4, 0.5) is 10.4 Å². The Hall–Kier alpha value is -4.32. The fourth-order valence-corrected chi connectivity index (χ4v) is 3.76. The Morgan fingerprint density at radius 2 is 2.12 bits per heavy atom. The average molecular weight is 482 g/mol. The van der Waals surface area contributed by atoms with E-state index in [4.69, 9.17) is 16.0 Å². The second-order valence-electron chi connectivity index (χ2n) is 7.33. The Labute approximate surface area is 196 Å². The van der Waals surface area contributed by atoms with Crippen molar-refractivity contribution in [1.82, 2.24) is 36.2 Å². The third-order valence-corrected chi connectivity index (χ3v) is 5.40. The van der Waals surface area contributed by atoms with E-state index in [9.17, 15) is 9.18 Å². The number of hydrogen-bond acceptors (Lipinski definition) is 9. The number of nitrogens with one attached hydrogen (secondary N) is 4. The van der Waals surface area contributed by atoms with E-state index in [-0.39, 0.29) is 30.0 Å². The maximum absolute atomic E-state index is 13.5. The summed E-state index contributed by atoms with van der Waals surface area (Å²) >= 11 is 6.45. The number of rotatable bonds is 5. The van der Waals surface area contributed by atoms with Gasteiger partial charge in [-0.1, -0.05) is 35.0 Å². The van der Waals surface area contributed by atoms with Crippen molar-refractivity contribution in [3.8, 4) is 0 Å². The summed E-state index contributed by atoms with van der Waals surface area (Å²) in [4.78, 5) is 22.1. The van der Waals surface area contributed by atoms with Gasteiger partial charge in [0.25, 0.3) is 5.91 Å². The second-order valence-corrected chi connectivity index (χ2v) is 7.74. The molecule has 0 aliphatic carbocycles. The molecule has 2 aromatic carbocycles. The van der Waals surface area contributed by atoms with Crippen molar-refractivity contribution in [2.45, 2.75) is 19.5 Å². The third kappa shape index (κ3) is 4.30. The number of amides is 1. The first-order valence-electron chi connectivity index (χ1n) is 10.1. The van der Waals surface area contributed by atoms with Crippen LogP contribution in [0, 0.1) is 5.82 Å². The molecule has 1 amide bonds. The van der Waals surface area contributed by atoms with E-state index >= 15 is 0 Å². The lowest BCUT2D eigenvalue weighted by Crippen LogP contribution is -2.39. The van der Waals surface area contributed by atoms with Gasteiger partial charge in [-0.3, -0.25) is 10.1 Å². The van der Waals surface area contributed by atoms with Gasteiger partial charge in [-0.2, -0.15) is 10.2 Å². The van der Waals surface area contributed by atoms with Gasteiger partial charge in [-0.15, -0.1) is 10.2 Å². The summed E-state index contributed by atoms with van der Waals surface area (Å²) in [5.74, 6) is -0.190. The van der Waals surface area contributed by atoms with E-state index in [1.54, 1.807) is 25.1 Å². The Bertz CT molecular complexity index is 1430. The molecule has 2 aromatic heterocycles. The molecule has 1 aliphatic rings. The fraction of sp³-hybridized carbons (Fsp3) is 0.143. The SMILES string of the molecule is CC1=C(C(=O)NCc2nn[nH]n2)C(c2ccccc2Cl)N=C(Nc2nc3ccc(F)cc3o2)N1. The minimum atomic E-state index is -0.732. The molecular formula is C21H17ClFN9O2. The molecule has 172 valence electrons. The van der Waals surface area contributed by atoms with Crippen LogP contribution < -0.4 is 16.0 Å². The molecule has 4 N–H and O–H groups in total. The van der Waals surface area contributed by atoms with Crippen molar-refractivity contribution in [3.63, 3.8) is 0 Å². The average Bonchev–Trinajstić information content (AvgIpc) is 3.46. The predicted molar refractivity (Wildman–Crippen MR) is 121 cm³/mol. The standard InChI is InChI=1S/C21H17ClFN9O2/c1-10-17(19(33)24-9-16-29-31-32-30-16)18(12-4-2-3-5-13(12)22)27-20(25-10)28-21-26-14-7-6-11(23)8-15(14)34-21/h2-8,18H,9H2,1H3,(H,24,33)(H2,25,26,27,28)(H,29,30,31,32). The first-order valence-corrected chi connectivity index (χ1v) is 10.5. The maximum atomic E-state index is 13.5. The van der Waals surface area contributed by atoms with Crippen LogP contribution in [-0.2, 0) is 11.3 Å². The molecule has 11 nitrogen and oxygen atoms in total. The molecule has 1 unspecified atom stereocenters. The number of anilines is 1. The van der Waals surface area contributed by atoms with Crippen LogP contribution in [0.1, 0.15) is 24.4 Å². The number of halogens is 2. The number of tetrazole rings is 1. The van der Waals surface area contributed by atoms with Crippen molar-refractivity contribution >= 4 is 40.6 Å². The molecule has 1 atom stereocenters. The molecule has 0 spiro atoms. The van der Waals surface area contributed by atoms with Crippen LogP contribution in [0.2, 0.25) is 5.02 Å². The molecule has 0 fully saturated rings. The highest BCUT2D eigenvalue weighted by Gasteiger charge is 2.31. The summed E-state index contributed by atoms with van der Waals surface area (Å²) in [6, 6.07) is 10.6. The number of aromatic nitrogens is 5. The van der Waals surface area contributed by atoms with E-state index in [0.29, 0.717) is 33.2 Å².